The Morgan fingerprint density at radius 2 is 2.16 bits per heavy atom. The lowest BCUT2D eigenvalue weighted by molar-refractivity contribution is 0.0948. The first-order valence-corrected chi connectivity index (χ1v) is 8.72. The number of nitrogens with one attached hydrogen (secondary N) is 1. The molecule has 1 heterocycles. The average molecular weight is 336 g/mol. The Hall–Kier alpha value is -2.76. The number of carbonyl (C=O) groups is 1. The van der Waals surface area contributed by atoms with Gasteiger partial charge in [-0.3, -0.25) is 9.59 Å². The number of aryl methyl sites for hydroxylation is 1. The molecule has 6 heteroatoms. The van der Waals surface area contributed by atoms with Gasteiger partial charge >= 0.3 is 0 Å². The third-order valence-electron chi connectivity index (χ3n) is 4.98. The Bertz CT molecular complexity index is 958. The number of fused-ring (bicyclic) bond motifs is 2. The van der Waals surface area contributed by atoms with Crippen LogP contribution in [0.2, 0.25) is 0 Å². The Morgan fingerprint density at radius 3 is 2.92 bits per heavy atom. The van der Waals surface area contributed by atoms with Crippen molar-refractivity contribution in [3.05, 3.63) is 52.5 Å². The zero-order chi connectivity index (χ0) is 17.4. The second kappa shape index (κ2) is 6.27. The van der Waals surface area contributed by atoms with E-state index >= 15 is 0 Å². The molecule has 4 rings (SSSR count). The first kappa shape index (κ1) is 15.7. The molecule has 1 amide bonds. The standard InChI is InChI=1S/C19H20N4O2/c1-2-10-23-19(25)15-8-4-3-7-14(15)17(22-23)18(24)21-20-16-11-12-6-5-9-13(12)16/h3-8,12-13H,2,9-11H2,1H3,(H,21,24)/b20-16-/t12-,13-/m0/s1. The third-order valence-corrected chi connectivity index (χ3v) is 4.98. The summed E-state index contributed by atoms with van der Waals surface area (Å²) in [6.45, 7) is 2.45. The lowest BCUT2D eigenvalue weighted by Gasteiger charge is -2.31. The molecular weight excluding hydrogens is 316 g/mol. The second-order valence-electron chi connectivity index (χ2n) is 6.60. The highest BCUT2D eigenvalue weighted by molar-refractivity contribution is 6.05. The molecule has 0 bridgehead atoms. The number of aromatic nitrogens is 2. The van der Waals surface area contributed by atoms with Gasteiger partial charge in [-0.05, 0) is 31.2 Å². The Labute approximate surface area is 145 Å². The molecule has 25 heavy (non-hydrogen) atoms. The Balaban J connectivity index is 1.66. The average Bonchev–Trinajstić information content (AvgIpc) is 2.98. The number of rotatable bonds is 4. The van der Waals surface area contributed by atoms with Gasteiger partial charge in [0.15, 0.2) is 5.69 Å². The zero-order valence-electron chi connectivity index (χ0n) is 14.1. The Kier molecular flexibility index (Phi) is 3.95. The largest absolute Gasteiger partial charge is 0.292 e. The number of hydrogen-bond acceptors (Lipinski definition) is 4. The molecule has 2 atom stereocenters. The minimum Gasteiger partial charge on any atom is -0.267 e. The quantitative estimate of drug-likeness (QED) is 0.688. The second-order valence-corrected chi connectivity index (χ2v) is 6.60. The van der Waals surface area contributed by atoms with Crippen LogP contribution in [-0.4, -0.2) is 21.4 Å². The van der Waals surface area contributed by atoms with Crippen molar-refractivity contribution in [1.82, 2.24) is 15.2 Å². The van der Waals surface area contributed by atoms with Crippen molar-refractivity contribution < 1.29 is 4.79 Å². The van der Waals surface area contributed by atoms with Gasteiger partial charge in [0.2, 0.25) is 0 Å². The fraction of sp³-hybridized carbons (Fsp3) is 0.368. The van der Waals surface area contributed by atoms with E-state index in [0.717, 1.165) is 25.0 Å². The molecular formula is C19H20N4O2. The van der Waals surface area contributed by atoms with Gasteiger partial charge in [0.05, 0.1) is 5.39 Å². The topological polar surface area (TPSA) is 76.3 Å². The van der Waals surface area contributed by atoms with Gasteiger partial charge in [0, 0.05) is 23.6 Å². The van der Waals surface area contributed by atoms with Crippen LogP contribution in [0.15, 0.2) is 46.3 Å². The van der Waals surface area contributed by atoms with Gasteiger partial charge in [-0.1, -0.05) is 37.3 Å². The van der Waals surface area contributed by atoms with Crippen LogP contribution in [0.4, 0.5) is 0 Å². The van der Waals surface area contributed by atoms with Gasteiger partial charge in [-0.2, -0.15) is 10.2 Å². The summed E-state index contributed by atoms with van der Waals surface area (Å²) in [4.78, 5) is 25.1. The molecule has 1 aromatic carbocycles. The van der Waals surface area contributed by atoms with E-state index in [1.165, 1.54) is 4.68 Å². The molecule has 1 N–H and O–H groups in total. The van der Waals surface area contributed by atoms with Crippen LogP contribution in [0.5, 0.6) is 0 Å². The summed E-state index contributed by atoms with van der Waals surface area (Å²) < 4.78 is 1.37. The van der Waals surface area contributed by atoms with Crippen LogP contribution in [0.25, 0.3) is 10.8 Å². The smallest absolute Gasteiger partial charge is 0.267 e. The van der Waals surface area contributed by atoms with Gasteiger partial charge in [0.25, 0.3) is 11.5 Å². The van der Waals surface area contributed by atoms with E-state index in [1.807, 2.05) is 6.92 Å². The van der Waals surface area contributed by atoms with Gasteiger partial charge in [-0.25, -0.2) is 10.1 Å². The van der Waals surface area contributed by atoms with E-state index in [0.29, 0.717) is 29.2 Å². The summed E-state index contributed by atoms with van der Waals surface area (Å²) in [5, 5.41) is 9.66. The zero-order valence-corrected chi connectivity index (χ0v) is 14.1. The maximum atomic E-state index is 12.7. The number of hydrogen-bond donors (Lipinski definition) is 1. The van der Waals surface area contributed by atoms with Crippen molar-refractivity contribution in [2.45, 2.75) is 32.7 Å². The Morgan fingerprint density at radius 1 is 1.36 bits per heavy atom. The van der Waals surface area contributed by atoms with E-state index in [9.17, 15) is 9.59 Å². The van der Waals surface area contributed by atoms with Crippen molar-refractivity contribution in [2.24, 2.45) is 16.9 Å². The number of hydrazone groups is 1. The summed E-state index contributed by atoms with van der Waals surface area (Å²) >= 11 is 0. The van der Waals surface area contributed by atoms with Crippen LogP contribution in [0.3, 0.4) is 0 Å². The van der Waals surface area contributed by atoms with Crippen molar-refractivity contribution in [2.75, 3.05) is 0 Å². The summed E-state index contributed by atoms with van der Waals surface area (Å²) in [7, 11) is 0. The molecule has 0 spiro atoms. The van der Waals surface area contributed by atoms with E-state index in [1.54, 1.807) is 24.3 Å². The molecule has 128 valence electrons. The predicted octanol–water partition coefficient (Wildman–Crippen LogP) is 2.49. The fourth-order valence-electron chi connectivity index (χ4n) is 3.61. The fourth-order valence-corrected chi connectivity index (χ4v) is 3.61. The molecule has 0 unspecified atom stereocenters. The molecule has 1 aromatic heterocycles. The maximum Gasteiger partial charge on any atom is 0.292 e. The van der Waals surface area contributed by atoms with Crippen LogP contribution >= 0.6 is 0 Å². The molecule has 2 aromatic rings. The minimum absolute atomic E-state index is 0.167. The van der Waals surface area contributed by atoms with Crippen LogP contribution in [0, 0.1) is 11.8 Å². The first-order chi connectivity index (χ1) is 12.2. The molecule has 1 saturated carbocycles. The molecule has 0 radical (unpaired) electrons. The van der Waals surface area contributed by atoms with Crippen molar-refractivity contribution >= 4 is 22.4 Å². The van der Waals surface area contributed by atoms with Crippen molar-refractivity contribution in [1.29, 1.82) is 0 Å². The maximum absolute atomic E-state index is 12.7. The van der Waals surface area contributed by atoms with E-state index in [4.69, 9.17) is 0 Å². The molecule has 0 saturated heterocycles. The normalized spacial score (nSPS) is 22.8. The minimum atomic E-state index is -0.372. The van der Waals surface area contributed by atoms with Crippen LogP contribution in [0.1, 0.15) is 36.7 Å². The van der Waals surface area contributed by atoms with Crippen molar-refractivity contribution in [3.8, 4) is 0 Å². The van der Waals surface area contributed by atoms with Crippen LogP contribution < -0.4 is 11.0 Å². The highest BCUT2D eigenvalue weighted by Crippen LogP contribution is 2.40. The number of benzene rings is 1. The molecule has 6 nitrogen and oxygen atoms in total. The van der Waals surface area contributed by atoms with E-state index in [-0.39, 0.29) is 17.2 Å². The first-order valence-electron chi connectivity index (χ1n) is 8.72. The number of nitrogens with zero attached hydrogens (tertiary/aromatic N) is 3. The van der Waals surface area contributed by atoms with Gasteiger partial charge in [0.1, 0.15) is 0 Å². The summed E-state index contributed by atoms with van der Waals surface area (Å²) in [5.74, 6) is 0.656. The van der Waals surface area contributed by atoms with E-state index in [2.05, 4.69) is 27.8 Å². The van der Waals surface area contributed by atoms with Crippen molar-refractivity contribution in [3.63, 3.8) is 0 Å². The lowest BCUT2D eigenvalue weighted by atomic mass is 9.74. The molecule has 1 fully saturated rings. The van der Waals surface area contributed by atoms with Gasteiger partial charge in [-0.15, -0.1) is 0 Å². The molecule has 2 aliphatic carbocycles. The van der Waals surface area contributed by atoms with E-state index < -0.39 is 0 Å². The van der Waals surface area contributed by atoms with Gasteiger partial charge < -0.3 is 0 Å². The monoisotopic (exact) mass is 336 g/mol. The summed E-state index contributed by atoms with van der Waals surface area (Å²) in [6.07, 6.45) is 7.08. The highest BCUT2D eigenvalue weighted by atomic mass is 16.2. The molecule has 2 aliphatic rings. The number of allylic oxidation sites excluding steroid dienone is 2. The molecule has 0 aliphatic heterocycles. The number of carbonyl (C=O) groups excluding carboxylic acids is 1. The number of amides is 1. The van der Waals surface area contributed by atoms with Crippen LogP contribution in [-0.2, 0) is 6.54 Å². The highest BCUT2D eigenvalue weighted by Gasteiger charge is 2.38. The lowest BCUT2D eigenvalue weighted by Crippen LogP contribution is -2.36. The predicted molar refractivity (Wildman–Crippen MR) is 96.5 cm³/mol. The summed E-state index contributed by atoms with van der Waals surface area (Å²) in [6, 6.07) is 7.08. The third kappa shape index (κ3) is 2.67. The SMILES string of the molecule is CCCn1nc(C(=O)N/N=C2/C[C@@H]3C=CC[C@H]23)c2ccccc2c1=O. The summed E-state index contributed by atoms with van der Waals surface area (Å²) in [5.41, 5.74) is 3.75.